The topological polar surface area (TPSA) is 35.5 Å². The van der Waals surface area contributed by atoms with Crippen LogP contribution >= 0.6 is 0 Å². The largest absolute Gasteiger partial charge is 0.494 e. The Morgan fingerprint density at radius 1 is 1.29 bits per heavy atom. The molecule has 0 aliphatic carbocycles. The average molecular weight is 194 g/mol. The van der Waals surface area contributed by atoms with Crippen molar-refractivity contribution in [2.24, 2.45) is 0 Å². The number of benzene rings is 1. The van der Waals surface area contributed by atoms with Crippen LogP contribution in [0.25, 0.3) is 0 Å². The van der Waals surface area contributed by atoms with Gasteiger partial charge in [0.1, 0.15) is 12.4 Å². The molecule has 0 heterocycles. The van der Waals surface area contributed by atoms with Crippen LogP contribution in [0, 0.1) is 0 Å². The maximum atomic E-state index is 10.5. The Kier molecular flexibility index (Phi) is 3.98. The van der Waals surface area contributed by atoms with Crippen LogP contribution in [0.4, 0.5) is 0 Å². The molecule has 1 rings (SSSR count). The molecule has 0 amide bonds. The zero-order valence-corrected chi connectivity index (χ0v) is 8.45. The van der Waals surface area contributed by atoms with Crippen molar-refractivity contribution in [1.29, 1.82) is 0 Å². The number of hydrogen-bond acceptors (Lipinski definition) is 3. The molecule has 0 saturated carbocycles. The fourth-order valence-electron chi connectivity index (χ4n) is 1.03. The molecule has 0 aliphatic rings. The minimum Gasteiger partial charge on any atom is -0.494 e. The van der Waals surface area contributed by atoms with E-state index in [-0.39, 0.29) is 5.97 Å². The van der Waals surface area contributed by atoms with Crippen LogP contribution in [-0.4, -0.2) is 12.6 Å². The van der Waals surface area contributed by atoms with Crippen LogP contribution in [0.5, 0.6) is 5.75 Å². The lowest BCUT2D eigenvalue weighted by Gasteiger charge is -2.04. The van der Waals surface area contributed by atoms with Crippen LogP contribution < -0.4 is 4.74 Å². The number of rotatable bonds is 4. The van der Waals surface area contributed by atoms with Crippen molar-refractivity contribution in [2.45, 2.75) is 20.5 Å². The summed E-state index contributed by atoms with van der Waals surface area (Å²) in [7, 11) is 0. The molecule has 0 aromatic heterocycles. The van der Waals surface area contributed by atoms with E-state index in [1.165, 1.54) is 6.92 Å². The molecule has 1 aromatic carbocycles. The molecule has 0 fully saturated rings. The SMILES string of the molecule is CCOc1ccc(COC(C)=O)cc1. The van der Waals surface area contributed by atoms with Gasteiger partial charge in [-0.2, -0.15) is 0 Å². The van der Waals surface area contributed by atoms with Crippen molar-refractivity contribution in [3.05, 3.63) is 29.8 Å². The van der Waals surface area contributed by atoms with Crippen LogP contribution in [-0.2, 0) is 16.1 Å². The summed E-state index contributed by atoms with van der Waals surface area (Å²) in [6.07, 6.45) is 0. The molecule has 0 radical (unpaired) electrons. The van der Waals surface area contributed by atoms with E-state index in [9.17, 15) is 4.79 Å². The Hall–Kier alpha value is -1.51. The standard InChI is InChI=1S/C11H14O3/c1-3-13-11-6-4-10(5-7-11)8-14-9(2)12/h4-7H,3,8H2,1-2H3. The molecule has 0 unspecified atom stereocenters. The highest BCUT2D eigenvalue weighted by Gasteiger charge is 1.97. The highest BCUT2D eigenvalue weighted by atomic mass is 16.5. The summed E-state index contributed by atoms with van der Waals surface area (Å²) in [6.45, 7) is 4.31. The first-order valence-corrected chi connectivity index (χ1v) is 4.57. The third kappa shape index (κ3) is 3.47. The monoisotopic (exact) mass is 194 g/mol. The zero-order chi connectivity index (χ0) is 10.4. The molecule has 0 saturated heterocycles. The molecular weight excluding hydrogens is 180 g/mol. The minimum atomic E-state index is -0.265. The molecule has 3 heteroatoms. The first-order chi connectivity index (χ1) is 6.72. The highest BCUT2D eigenvalue weighted by molar-refractivity contribution is 5.65. The van der Waals surface area contributed by atoms with Gasteiger partial charge < -0.3 is 9.47 Å². The molecule has 14 heavy (non-hydrogen) atoms. The van der Waals surface area contributed by atoms with E-state index < -0.39 is 0 Å². The van der Waals surface area contributed by atoms with E-state index in [4.69, 9.17) is 9.47 Å². The van der Waals surface area contributed by atoms with Crippen molar-refractivity contribution in [1.82, 2.24) is 0 Å². The van der Waals surface area contributed by atoms with Crippen LogP contribution in [0.15, 0.2) is 24.3 Å². The quantitative estimate of drug-likeness (QED) is 0.689. The van der Waals surface area contributed by atoms with Gasteiger partial charge in [0.15, 0.2) is 0 Å². The molecule has 76 valence electrons. The predicted molar refractivity (Wildman–Crippen MR) is 53.1 cm³/mol. The Balaban J connectivity index is 2.50. The summed E-state index contributed by atoms with van der Waals surface area (Å²) in [5, 5.41) is 0. The smallest absolute Gasteiger partial charge is 0.302 e. The predicted octanol–water partition coefficient (Wildman–Crippen LogP) is 2.15. The highest BCUT2D eigenvalue weighted by Crippen LogP contribution is 2.12. The summed E-state index contributed by atoms with van der Waals surface area (Å²) < 4.78 is 10.1. The maximum Gasteiger partial charge on any atom is 0.302 e. The van der Waals surface area contributed by atoms with Crippen LogP contribution in [0.3, 0.4) is 0 Å². The second-order valence-corrected chi connectivity index (χ2v) is 2.86. The lowest BCUT2D eigenvalue weighted by molar-refractivity contribution is -0.142. The first-order valence-electron chi connectivity index (χ1n) is 4.57. The summed E-state index contributed by atoms with van der Waals surface area (Å²) in [5.74, 6) is 0.568. The third-order valence-corrected chi connectivity index (χ3v) is 1.68. The van der Waals surface area contributed by atoms with Crippen LogP contribution in [0.2, 0.25) is 0 Å². The minimum absolute atomic E-state index is 0.265. The van der Waals surface area contributed by atoms with Crippen LogP contribution in [0.1, 0.15) is 19.4 Å². The van der Waals surface area contributed by atoms with Gasteiger partial charge in [0.25, 0.3) is 0 Å². The average Bonchev–Trinajstić information content (AvgIpc) is 2.17. The number of carbonyl (C=O) groups excluding carboxylic acids is 1. The summed E-state index contributed by atoms with van der Waals surface area (Å²) >= 11 is 0. The number of hydrogen-bond donors (Lipinski definition) is 0. The van der Waals surface area contributed by atoms with Gasteiger partial charge in [-0.25, -0.2) is 0 Å². The van der Waals surface area contributed by atoms with Gasteiger partial charge in [-0.3, -0.25) is 4.79 Å². The molecule has 0 bridgehead atoms. The molecule has 0 N–H and O–H groups in total. The Bertz CT molecular complexity index is 290. The summed E-state index contributed by atoms with van der Waals surface area (Å²) in [4.78, 5) is 10.5. The molecular formula is C11H14O3. The maximum absolute atomic E-state index is 10.5. The van der Waals surface area contributed by atoms with E-state index in [1.54, 1.807) is 0 Å². The van der Waals surface area contributed by atoms with E-state index in [2.05, 4.69) is 0 Å². The van der Waals surface area contributed by atoms with Crippen molar-refractivity contribution in [2.75, 3.05) is 6.61 Å². The molecule has 0 spiro atoms. The lowest BCUT2D eigenvalue weighted by Crippen LogP contribution is -1.98. The Labute approximate surface area is 83.6 Å². The lowest BCUT2D eigenvalue weighted by atomic mass is 10.2. The second kappa shape index (κ2) is 5.27. The van der Waals surface area contributed by atoms with Gasteiger partial charge >= 0.3 is 5.97 Å². The van der Waals surface area contributed by atoms with Crippen molar-refractivity contribution in [3.63, 3.8) is 0 Å². The van der Waals surface area contributed by atoms with Crippen molar-refractivity contribution >= 4 is 5.97 Å². The number of carbonyl (C=O) groups is 1. The van der Waals surface area contributed by atoms with Gasteiger partial charge in [-0.1, -0.05) is 12.1 Å². The third-order valence-electron chi connectivity index (χ3n) is 1.68. The summed E-state index contributed by atoms with van der Waals surface area (Å²) in [5.41, 5.74) is 0.962. The van der Waals surface area contributed by atoms with Crippen molar-refractivity contribution < 1.29 is 14.3 Å². The Morgan fingerprint density at radius 2 is 1.93 bits per heavy atom. The van der Waals surface area contributed by atoms with E-state index in [1.807, 2.05) is 31.2 Å². The van der Waals surface area contributed by atoms with Gasteiger partial charge in [-0.15, -0.1) is 0 Å². The molecule has 1 aromatic rings. The fraction of sp³-hybridized carbons (Fsp3) is 0.364. The number of ether oxygens (including phenoxy) is 2. The summed E-state index contributed by atoms with van der Waals surface area (Å²) in [6, 6.07) is 7.49. The molecule has 0 aliphatic heterocycles. The van der Waals surface area contributed by atoms with E-state index in [0.717, 1.165) is 11.3 Å². The molecule has 3 nitrogen and oxygen atoms in total. The Morgan fingerprint density at radius 3 is 2.43 bits per heavy atom. The first kappa shape index (κ1) is 10.6. The fourth-order valence-corrected chi connectivity index (χ4v) is 1.03. The van der Waals surface area contributed by atoms with Crippen molar-refractivity contribution in [3.8, 4) is 5.75 Å². The van der Waals surface area contributed by atoms with E-state index in [0.29, 0.717) is 13.2 Å². The van der Waals surface area contributed by atoms with Gasteiger partial charge in [-0.05, 0) is 24.6 Å². The zero-order valence-electron chi connectivity index (χ0n) is 8.45. The molecule has 0 atom stereocenters. The number of esters is 1. The van der Waals surface area contributed by atoms with E-state index >= 15 is 0 Å². The van der Waals surface area contributed by atoms with Gasteiger partial charge in [0.05, 0.1) is 6.61 Å². The second-order valence-electron chi connectivity index (χ2n) is 2.86. The van der Waals surface area contributed by atoms with Gasteiger partial charge in [0, 0.05) is 6.92 Å². The normalized spacial score (nSPS) is 9.57. The van der Waals surface area contributed by atoms with Gasteiger partial charge in [0.2, 0.25) is 0 Å².